The van der Waals surface area contributed by atoms with Crippen molar-refractivity contribution in [3.8, 4) is 0 Å². The van der Waals surface area contributed by atoms with E-state index in [0.717, 1.165) is 6.42 Å². The van der Waals surface area contributed by atoms with Crippen molar-refractivity contribution < 1.29 is 4.74 Å². The van der Waals surface area contributed by atoms with Crippen molar-refractivity contribution in [2.75, 3.05) is 0 Å². The third-order valence-corrected chi connectivity index (χ3v) is 3.57. The summed E-state index contributed by atoms with van der Waals surface area (Å²) in [6.07, 6.45) is 3.47. The molecule has 2 heteroatoms. The Bertz CT molecular complexity index is 199. The second-order valence-corrected chi connectivity index (χ2v) is 5.17. The highest BCUT2D eigenvalue weighted by Crippen LogP contribution is 2.48. The van der Waals surface area contributed by atoms with Crippen molar-refractivity contribution >= 4 is 0 Å². The van der Waals surface area contributed by atoms with Crippen LogP contribution in [0.15, 0.2) is 0 Å². The molecule has 0 aromatic heterocycles. The molecule has 3 fully saturated rings. The molecule has 0 aromatic rings. The van der Waals surface area contributed by atoms with Crippen LogP contribution in [0, 0.1) is 5.92 Å². The first kappa shape index (κ1) is 8.52. The van der Waals surface area contributed by atoms with Gasteiger partial charge in [0.1, 0.15) is 0 Å². The van der Waals surface area contributed by atoms with E-state index in [1.54, 1.807) is 0 Å². The Morgan fingerprint density at radius 3 is 2.42 bits per heavy atom. The van der Waals surface area contributed by atoms with Crippen molar-refractivity contribution in [1.29, 1.82) is 0 Å². The first-order valence-electron chi connectivity index (χ1n) is 4.89. The molecular formula is C10H19NO. The van der Waals surface area contributed by atoms with Gasteiger partial charge in [-0.15, -0.1) is 0 Å². The second-order valence-electron chi connectivity index (χ2n) is 5.17. The van der Waals surface area contributed by atoms with E-state index in [9.17, 15) is 0 Å². The average Bonchev–Trinajstić information content (AvgIpc) is 1.80. The van der Waals surface area contributed by atoms with Crippen LogP contribution in [0.25, 0.3) is 0 Å². The maximum absolute atomic E-state index is 6.10. The summed E-state index contributed by atoms with van der Waals surface area (Å²) in [7, 11) is 0. The van der Waals surface area contributed by atoms with E-state index in [2.05, 4.69) is 20.8 Å². The van der Waals surface area contributed by atoms with E-state index < -0.39 is 0 Å². The van der Waals surface area contributed by atoms with Crippen molar-refractivity contribution in [2.24, 2.45) is 11.7 Å². The van der Waals surface area contributed by atoms with E-state index in [-0.39, 0.29) is 11.2 Å². The summed E-state index contributed by atoms with van der Waals surface area (Å²) in [4.78, 5) is 0. The molecule has 3 unspecified atom stereocenters. The van der Waals surface area contributed by atoms with Gasteiger partial charge in [-0.3, -0.25) is 0 Å². The fourth-order valence-electron chi connectivity index (χ4n) is 3.08. The SMILES string of the molecule is CC12CCC(C(N)C1)C(C)(C)O2. The zero-order chi connectivity index (χ0) is 8.98. The van der Waals surface area contributed by atoms with Gasteiger partial charge in [0, 0.05) is 12.0 Å². The zero-order valence-electron chi connectivity index (χ0n) is 8.26. The lowest BCUT2D eigenvalue weighted by atomic mass is 9.66. The van der Waals surface area contributed by atoms with Crippen LogP contribution in [-0.2, 0) is 4.74 Å². The molecule has 3 aliphatic rings. The Morgan fingerprint density at radius 1 is 1.33 bits per heavy atom. The highest BCUT2D eigenvalue weighted by molar-refractivity contribution is 5.03. The Hall–Kier alpha value is -0.0800. The maximum Gasteiger partial charge on any atom is 0.0677 e. The largest absolute Gasteiger partial charge is 0.369 e. The summed E-state index contributed by atoms with van der Waals surface area (Å²) in [5.41, 5.74) is 6.17. The number of nitrogens with two attached hydrogens (primary N) is 1. The van der Waals surface area contributed by atoms with Gasteiger partial charge in [0.25, 0.3) is 0 Å². The number of hydrogen-bond acceptors (Lipinski definition) is 2. The summed E-state index contributed by atoms with van der Waals surface area (Å²) >= 11 is 0. The van der Waals surface area contributed by atoms with Gasteiger partial charge in [0.2, 0.25) is 0 Å². The monoisotopic (exact) mass is 169 g/mol. The zero-order valence-corrected chi connectivity index (χ0v) is 8.26. The summed E-state index contributed by atoms with van der Waals surface area (Å²) < 4.78 is 6.05. The van der Waals surface area contributed by atoms with E-state index >= 15 is 0 Å². The van der Waals surface area contributed by atoms with Gasteiger partial charge in [0.05, 0.1) is 11.2 Å². The molecule has 0 aromatic carbocycles. The normalized spacial score (nSPS) is 51.0. The Balaban J connectivity index is 2.28. The highest BCUT2D eigenvalue weighted by Gasteiger charge is 2.51. The van der Waals surface area contributed by atoms with Crippen LogP contribution in [0.4, 0.5) is 0 Å². The molecule has 2 aliphatic heterocycles. The molecule has 2 bridgehead atoms. The van der Waals surface area contributed by atoms with Crippen LogP contribution < -0.4 is 5.73 Å². The Morgan fingerprint density at radius 2 is 2.00 bits per heavy atom. The predicted octanol–water partition coefficient (Wildman–Crippen LogP) is 1.68. The van der Waals surface area contributed by atoms with Crippen LogP contribution in [0.2, 0.25) is 0 Å². The van der Waals surface area contributed by atoms with Gasteiger partial charge in [-0.05, 0) is 40.0 Å². The van der Waals surface area contributed by atoms with Crippen LogP contribution in [0.3, 0.4) is 0 Å². The van der Waals surface area contributed by atoms with Gasteiger partial charge < -0.3 is 10.5 Å². The lowest BCUT2D eigenvalue weighted by Crippen LogP contribution is -2.62. The Labute approximate surface area is 74.5 Å². The van der Waals surface area contributed by atoms with Gasteiger partial charge in [-0.2, -0.15) is 0 Å². The van der Waals surface area contributed by atoms with Crippen LogP contribution in [-0.4, -0.2) is 17.2 Å². The molecule has 3 atom stereocenters. The topological polar surface area (TPSA) is 35.2 Å². The fraction of sp³-hybridized carbons (Fsp3) is 1.00. The van der Waals surface area contributed by atoms with Gasteiger partial charge in [0.15, 0.2) is 0 Å². The lowest BCUT2D eigenvalue weighted by molar-refractivity contribution is -0.235. The number of hydrogen-bond donors (Lipinski definition) is 1. The molecule has 1 aliphatic carbocycles. The van der Waals surface area contributed by atoms with Crippen molar-refractivity contribution in [1.82, 2.24) is 0 Å². The Kier molecular flexibility index (Phi) is 1.59. The summed E-state index contributed by atoms with van der Waals surface area (Å²) in [6.45, 7) is 6.55. The van der Waals surface area contributed by atoms with E-state index in [1.165, 1.54) is 12.8 Å². The molecular weight excluding hydrogens is 150 g/mol. The minimum absolute atomic E-state index is 0.00463. The predicted molar refractivity (Wildman–Crippen MR) is 48.9 cm³/mol. The molecule has 2 nitrogen and oxygen atoms in total. The number of rotatable bonds is 0. The molecule has 2 saturated heterocycles. The van der Waals surface area contributed by atoms with Crippen LogP contribution >= 0.6 is 0 Å². The third kappa shape index (κ3) is 1.09. The standard InChI is InChI=1S/C10H19NO/c1-9(2)7-4-5-10(3,12-9)6-8(7)11/h7-8H,4-6,11H2,1-3H3. The van der Waals surface area contributed by atoms with Crippen LogP contribution in [0.1, 0.15) is 40.0 Å². The van der Waals surface area contributed by atoms with E-state index in [4.69, 9.17) is 10.5 Å². The third-order valence-electron chi connectivity index (χ3n) is 3.57. The van der Waals surface area contributed by atoms with Gasteiger partial charge in [-0.1, -0.05) is 0 Å². The van der Waals surface area contributed by atoms with Crippen molar-refractivity contribution in [2.45, 2.75) is 57.3 Å². The molecule has 0 amide bonds. The quantitative estimate of drug-likeness (QED) is 0.599. The van der Waals surface area contributed by atoms with Crippen molar-refractivity contribution in [3.05, 3.63) is 0 Å². The highest BCUT2D eigenvalue weighted by atomic mass is 16.5. The molecule has 0 radical (unpaired) electrons. The van der Waals surface area contributed by atoms with Gasteiger partial charge >= 0.3 is 0 Å². The second kappa shape index (κ2) is 2.24. The van der Waals surface area contributed by atoms with Gasteiger partial charge in [-0.25, -0.2) is 0 Å². The minimum atomic E-state index is 0.00463. The minimum Gasteiger partial charge on any atom is -0.369 e. The van der Waals surface area contributed by atoms with Crippen LogP contribution in [0.5, 0.6) is 0 Å². The summed E-state index contributed by atoms with van der Waals surface area (Å²) in [5, 5.41) is 0. The molecule has 3 rings (SSSR count). The molecule has 12 heavy (non-hydrogen) atoms. The molecule has 0 spiro atoms. The molecule has 2 N–H and O–H groups in total. The van der Waals surface area contributed by atoms with E-state index in [0.29, 0.717) is 12.0 Å². The smallest absolute Gasteiger partial charge is 0.0677 e. The number of ether oxygens (including phenoxy) is 1. The van der Waals surface area contributed by atoms with Crippen molar-refractivity contribution in [3.63, 3.8) is 0 Å². The first-order chi connectivity index (χ1) is 5.43. The maximum atomic E-state index is 6.10. The molecule has 70 valence electrons. The summed E-state index contributed by atoms with van der Waals surface area (Å²) in [5.74, 6) is 0.569. The molecule has 1 saturated carbocycles. The average molecular weight is 169 g/mol. The number of fused-ring (bicyclic) bond motifs is 3. The molecule has 2 heterocycles. The first-order valence-corrected chi connectivity index (χ1v) is 4.89. The fourth-order valence-corrected chi connectivity index (χ4v) is 3.08. The lowest BCUT2D eigenvalue weighted by Gasteiger charge is -2.56. The van der Waals surface area contributed by atoms with E-state index in [1.807, 2.05) is 0 Å². The summed E-state index contributed by atoms with van der Waals surface area (Å²) in [6, 6.07) is 0.354.